The van der Waals surface area contributed by atoms with Crippen LogP contribution in [0.2, 0.25) is 0 Å². The summed E-state index contributed by atoms with van der Waals surface area (Å²) < 4.78 is 23.3. The summed E-state index contributed by atoms with van der Waals surface area (Å²) in [4.78, 5) is 0. The number of hydrogen-bond donors (Lipinski definition) is 1. The zero-order chi connectivity index (χ0) is 11.7. The van der Waals surface area contributed by atoms with E-state index in [0.29, 0.717) is 6.42 Å². The first kappa shape index (κ1) is 13.0. The number of sulfone groups is 1. The number of aliphatic hydroxyl groups excluding tert-OH is 1. The summed E-state index contributed by atoms with van der Waals surface area (Å²) in [5.74, 6) is 0.258. The molecule has 0 heterocycles. The Labute approximate surface area is 92.8 Å². The lowest BCUT2D eigenvalue weighted by Gasteiger charge is -2.23. The number of aliphatic hydroxyl groups is 1. The lowest BCUT2D eigenvalue weighted by Crippen LogP contribution is -2.23. The first-order valence-corrected chi connectivity index (χ1v) is 7.36. The quantitative estimate of drug-likeness (QED) is 0.806. The average Bonchev–Trinajstić information content (AvgIpc) is 2.44. The van der Waals surface area contributed by atoms with Crippen molar-refractivity contribution in [2.45, 2.75) is 57.8 Å². The van der Waals surface area contributed by atoms with Crippen molar-refractivity contribution in [1.82, 2.24) is 0 Å². The molecule has 90 valence electrons. The fourth-order valence-corrected chi connectivity index (χ4v) is 3.39. The summed E-state index contributed by atoms with van der Waals surface area (Å²) in [6.07, 6.45) is 2.97. The van der Waals surface area contributed by atoms with Gasteiger partial charge in [-0.1, -0.05) is 6.92 Å². The minimum Gasteiger partial charge on any atom is -0.393 e. The van der Waals surface area contributed by atoms with Crippen LogP contribution in [0, 0.1) is 5.41 Å². The van der Waals surface area contributed by atoms with E-state index < -0.39 is 9.84 Å². The van der Waals surface area contributed by atoms with Gasteiger partial charge in [-0.05, 0) is 44.9 Å². The van der Waals surface area contributed by atoms with Crippen LogP contribution in [0.25, 0.3) is 0 Å². The van der Waals surface area contributed by atoms with Gasteiger partial charge in [0.25, 0.3) is 0 Å². The van der Waals surface area contributed by atoms with Crippen LogP contribution in [0.15, 0.2) is 0 Å². The standard InChI is InChI=1S/C11H22O3S/c1-9(2)15(13,14)7-6-11(3)5-4-10(12)8-11/h9-10,12H,4-8H2,1-3H3. The maximum Gasteiger partial charge on any atom is 0.152 e. The van der Waals surface area contributed by atoms with Crippen LogP contribution < -0.4 is 0 Å². The highest BCUT2D eigenvalue weighted by molar-refractivity contribution is 7.91. The first-order chi connectivity index (χ1) is 6.75. The second kappa shape index (κ2) is 4.42. The van der Waals surface area contributed by atoms with E-state index in [1.165, 1.54) is 0 Å². The van der Waals surface area contributed by atoms with Crippen molar-refractivity contribution in [3.8, 4) is 0 Å². The van der Waals surface area contributed by atoms with E-state index in [4.69, 9.17) is 0 Å². The van der Waals surface area contributed by atoms with Crippen LogP contribution in [0.5, 0.6) is 0 Å². The molecule has 1 rings (SSSR count). The molecule has 0 aromatic carbocycles. The van der Waals surface area contributed by atoms with Gasteiger partial charge in [0, 0.05) is 0 Å². The molecule has 4 heteroatoms. The molecule has 2 unspecified atom stereocenters. The fourth-order valence-electron chi connectivity index (χ4n) is 2.14. The minimum atomic E-state index is -2.92. The van der Waals surface area contributed by atoms with Gasteiger partial charge in [0.1, 0.15) is 0 Å². The van der Waals surface area contributed by atoms with Gasteiger partial charge in [-0.3, -0.25) is 0 Å². The average molecular weight is 234 g/mol. The van der Waals surface area contributed by atoms with E-state index >= 15 is 0 Å². The molecule has 1 saturated carbocycles. The summed E-state index contributed by atoms with van der Waals surface area (Å²) in [7, 11) is -2.92. The molecule has 1 aliphatic rings. The largest absolute Gasteiger partial charge is 0.393 e. The molecule has 1 aliphatic carbocycles. The van der Waals surface area contributed by atoms with Crippen LogP contribution in [0.4, 0.5) is 0 Å². The van der Waals surface area contributed by atoms with Gasteiger partial charge in [-0.15, -0.1) is 0 Å². The molecule has 0 spiro atoms. The molecule has 15 heavy (non-hydrogen) atoms. The predicted octanol–water partition coefficient (Wildman–Crippen LogP) is 1.75. The molecule has 0 radical (unpaired) electrons. The number of hydrogen-bond acceptors (Lipinski definition) is 3. The van der Waals surface area contributed by atoms with Gasteiger partial charge >= 0.3 is 0 Å². The maximum absolute atomic E-state index is 11.6. The molecule has 0 aromatic rings. The Morgan fingerprint density at radius 3 is 2.47 bits per heavy atom. The van der Waals surface area contributed by atoms with E-state index in [2.05, 4.69) is 6.92 Å². The molecule has 3 nitrogen and oxygen atoms in total. The normalized spacial score (nSPS) is 32.5. The van der Waals surface area contributed by atoms with E-state index in [1.807, 2.05) is 0 Å². The zero-order valence-electron chi connectivity index (χ0n) is 9.86. The second-order valence-electron chi connectivity index (χ2n) is 5.37. The monoisotopic (exact) mass is 234 g/mol. The van der Waals surface area contributed by atoms with Gasteiger partial charge in [-0.2, -0.15) is 0 Å². The Kier molecular flexibility index (Phi) is 3.82. The topological polar surface area (TPSA) is 54.4 Å². The van der Waals surface area contributed by atoms with E-state index in [1.54, 1.807) is 13.8 Å². The Bertz CT molecular complexity index is 308. The van der Waals surface area contributed by atoms with Gasteiger partial charge in [0.15, 0.2) is 9.84 Å². The second-order valence-corrected chi connectivity index (χ2v) is 8.05. The molecule has 0 aromatic heterocycles. The Morgan fingerprint density at radius 2 is 2.07 bits per heavy atom. The molecule has 1 N–H and O–H groups in total. The van der Waals surface area contributed by atoms with Crippen LogP contribution in [-0.4, -0.2) is 30.6 Å². The fraction of sp³-hybridized carbons (Fsp3) is 1.00. The van der Waals surface area contributed by atoms with Crippen molar-refractivity contribution in [1.29, 1.82) is 0 Å². The summed E-state index contributed by atoms with van der Waals surface area (Å²) in [5.41, 5.74) is 0.0291. The molecule has 0 saturated heterocycles. The first-order valence-electron chi connectivity index (χ1n) is 5.65. The summed E-state index contributed by atoms with van der Waals surface area (Å²) in [5, 5.41) is 9.17. The van der Waals surface area contributed by atoms with Gasteiger partial charge in [-0.25, -0.2) is 8.42 Å². The lowest BCUT2D eigenvalue weighted by molar-refractivity contribution is 0.162. The van der Waals surface area contributed by atoms with Crippen LogP contribution in [0.3, 0.4) is 0 Å². The van der Waals surface area contributed by atoms with E-state index in [9.17, 15) is 13.5 Å². The van der Waals surface area contributed by atoms with Crippen molar-refractivity contribution in [2.24, 2.45) is 5.41 Å². The van der Waals surface area contributed by atoms with Crippen molar-refractivity contribution in [3.05, 3.63) is 0 Å². The van der Waals surface area contributed by atoms with Crippen molar-refractivity contribution in [3.63, 3.8) is 0 Å². The summed E-state index contributed by atoms with van der Waals surface area (Å²) in [6.45, 7) is 5.53. The predicted molar refractivity (Wildman–Crippen MR) is 61.5 cm³/mol. The van der Waals surface area contributed by atoms with Gasteiger partial charge in [0.05, 0.1) is 17.1 Å². The van der Waals surface area contributed by atoms with Crippen LogP contribution >= 0.6 is 0 Å². The molecule has 0 amide bonds. The van der Waals surface area contributed by atoms with Crippen LogP contribution in [0.1, 0.15) is 46.5 Å². The third-order valence-corrected chi connectivity index (χ3v) is 5.73. The molecule has 2 atom stereocenters. The van der Waals surface area contributed by atoms with Gasteiger partial charge in [0.2, 0.25) is 0 Å². The summed E-state index contributed by atoms with van der Waals surface area (Å²) in [6, 6.07) is 0. The Balaban J connectivity index is 2.51. The maximum atomic E-state index is 11.6. The minimum absolute atomic E-state index is 0.0291. The molecule has 1 fully saturated rings. The SMILES string of the molecule is CC(C)S(=O)(=O)CCC1(C)CCC(O)C1. The molecule has 0 aliphatic heterocycles. The lowest BCUT2D eigenvalue weighted by atomic mass is 9.86. The highest BCUT2D eigenvalue weighted by Gasteiger charge is 2.35. The zero-order valence-corrected chi connectivity index (χ0v) is 10.7. The van der Waals surface area contributed by atoms with Crippen molar-refractivity contribution < 1.29 is 13.5 Å². The third kappa shape index (κ3) is 3.45. The number of rotatable bonds is 4. The Morgan fingerprint density at radius 1 is 1.47 bits per heavy atom. The Hall–Kier alpha value is -0.0900. The molecule has 0 bridgehead atoms. The van der Waals surface area contributed by atoms with Crippen molar-refractivity contribution in [2.75, 3.05) is 5.75 Å². The summed E-state index contributed by atoms with van der Waals surface area (Å²) >= 11 is 0. The van der Waals surface area contributed by atoms with Gasteiger partial charge < -0.3 is 5.11 Å². The highest BCUT2D eigenvalue weighted by Crippen LogP contribution is 2.41. The highest BCUT2D eigenvalue weighted by atomic mass is 32.2. The smallest absolute Gasteiger partial charge is 0.152 e. The molecular weight excluding hydrogens is 212 g/mol. The van der Waals surface area contributed by atoms with E-state index in [0.717, 1.165) is 19.3 Å². The van der Waals surface area contributed by atoms with Crippen molar-refractivity contribution >= 4 is 9.84 Å². The van der Waals surface area contributed by atoms with E-state index in [-0.39, 0.29) is 22.5 Å². The van der Waals surface area contributed by atoms with Crippen LogP contribution in [-0.2, 0) is 9.84 Å². The third-order valence-electron chi connectivity index (χ3n) is 3.52. The molecular formula is C11H22O3S.